The number of halogens is 1. The maximum absolute atomic E-state index is 12.3. The van der Waals surface area contributed by atoms with E-state index in [9.17, 15) is 4.79 Å². The van der Waals surface area contributed by atoms with Crippen LogP contribution in [0.3, 0.4) is 0 Å². The molecule has 0 bridgehead atoms. The number of rotatable bonds is 4. The SMILES string of the molecule is CCOc1ccc(Br)cc1C1C(C(C)=O)=C(C)Nc2ncnn21. The van der Waals surface area contributed by atoms with E-state index in [0.29, 0.717) is 18.1 Å². The quantitative estimate of drug-likeness (QED) is 0.886. The van der Waals surface area contributed by atoms with Crippen molar-refractivity contribution in [2.24, 2.45) is 0 Å². The number of nitrogens with one attached hydrogen (secondary N) is 1. The second-order valence-electron chi connectivity index (χ2n) is 5.27. The molecule has 1 N–H and O–H groups in total. The van der Waals surface area contributed by atoms with Gasteiger partial charge in [0, 0.05) is 21.3 Å². The average Bonchev–Trinajstić information content (AvgIpc) is 2.95. The van der Waals surface area contributed by atoms with E-state index in [1.807, 2.05) is 32.0 Å². The van der Waals surface area contributed by atoms with Crippen LogP contribution >= 0.6 is 15.9 Å². The van der Waals surface area contributed by atoms with Crippen LogP contribution in [0.25, 0.3) is 0 Å². The van der Waals surface area contributed by atoms with E-state index in [2.05, 4.69) is 31.3 Å². The molecule has 1 aromatic carbocycles. The maximum Gasteiger partial charge on any atom is 0.226 e. The summed E-state index contributed by atoms with van der Waals surface area (Å²) < 4.78 is 8.39. The molecule has 1 unspecified atom stereocenters. The molecule has 23 heavy (non-hydrogen) atoms. The number of fused-ring (bicyclic) bond motifs is 1. The van der Waals surface area contributed by atoms with Crippen LogP contribution in [0.2, 0.25) is 0 Å². The number of carbonyl (C=O) groups excluding carboxylic acids is 1. The maximum atomic E-state index is 12.3. The van der Waals surface area contributed by atoms with Crippen molar-refractivity contribution in [2.75, 3.05) is 11.9 Å². The summed E-state index contributed by atoms with van der Waals surface area (Å²) >= 11 is 3.50. The summed E-state index contributed by atoms with van der Waals surface area (Å²) in [6, 6.07) is 5.41. The summed E-state index contributed by atoms with van der Waals surface area (Å²) in [6.07, 6.45) is 1.48. The van der Waals surface area contributed by atoms with Gasteiger partial charge in [0.05, 0.1) is 6.61 Å². The second-order valence-corrected chi connectivity index (χ2v) is 6.18. The molecule has 1 aliphatic rings. The molecule has 0 aliphatic carbocycles. The van der Waals surface area contributed by atoms with Gasteiger partial charge >= 0.3 is 0 Å². The van der Waals surface area contributed by atoms with Gasteiger partial charge in [0.1, 0.15) is 18.1 Å². The molecule has 1 aliphatic heterocycles. The molecule has 0 spiro atoms. The van der Waals surface area contributed by atoms with E-state index < -0.39 is 0 Å². The minimum Gasteiger partial charge on any atom is -0.494 e. The smallest absolute Gasteiger partial charge is 0.226 e. The third-order valence-corrected chi connectivity index (χ3v) is 4.23. The summed E-state index contributed by atoms with van der Waals surface area (Å²) in [6.45, 7) is 5.91. The van der Waals surface area contributed by atoms with Crippen LogP contribution < -0.4 is 10.1 Å². The number of aromatic nitrogens is 3. The average molecular weight is 377 g/mol. The van der Waals surface area contributed by atoms with Crippen LogP contribution in [0, 0.1) is 0 Å². The molecular weight excluding hydrogens is 360 g/mol. The number of ether oxygens (including phenoxy) is 1. The van der Waals surface area contributed by atoms with E-state index >= 15 is 0 Å². The largest absolute Gasteiger partial charge is 0.494 e. The Hall–Kier alpha value is -2.15. The molecule has 1 aromatic heterocycles. The van der Waals surface area contributed by atoms with Crippen LogP contribution in [-0.2, 0) is 4.79 Å². The molecule has 2 heterocycles. The lowest BCUT2D eigenvalue weighted by Crippen LogP contribution is -2.28. The molecule has 6 nitrogen and oxygen atoms in total. The molecule has 0 saturated heterocycles. The number of benzene rings is 1. The van der Waals surface area contributed by atoms with Crippen molar-refractivity contribution < 1.29 is 9.53 Å². The van der Waals surface area contributed by atoms with Gasteiger partial charge in [0.2, 0.25) is 5.95 Å². The Labute approximate surface area is 142 Å². The zero-order chi connectivity index (χ0) is 16.6. The lowest BCUT2D eigenvalue weighted by atomic mass is 9.92. The molecule has 3 rings (SSSR count). The number of Topliss-reactive ketones (excluding diaryl/α,β-unsaturated/α-hetero) is 1. The minimum atomic E-state index is -0.370. The summed E-state index contributed by atoms with van der Waals surface area (Å²) in [4.78, 5) is 16.5. The number of hydrogen-bond donors (Lipinski definition) is 1. The summed E-state index contributed by atoms with van der Waals surface area (Å²) in [5.74, 6) is 1.33. The molecule has 2 aromatic rings. The van der Waals surface area contributed by atoms with Gasteiger partial charge in [-0.15, -0.1) is 0 Å². The predicted molar refractivity (Wildman–Crippen MR) is 90.5 cm³/mol. The van der Waals surface area contributed by atoms with Gasteiger partial charge in [-0.2, -0.15) is 10.1 Å². The van der Waals surface area contributed by atoms with Gasteiger partial charge in [-0.3, -0.25) is 4.79 Å². The number of carbonyl (C=O) groups is 1. The van der Waals surface area contributed by atoms with Crippen LogP contribution in [0.15, 0.2) is 40.3 Å². The highest BCUT2D eigenvalue weighted by atomic mass is 79.9. The van der Waals surface area contributed by atoms with Crippen molar-refractivity contribution in [1.82, 2.24) is 14.8 Å². The fourth-order valence-electron chi connectivity index (χ4n) is 2.85. The molecule has 120 valence electrons. The van der Waals surface area contributed by atoms with Crippen molar-refractivity contribution in [3.63, 3.8) is 0 Å². The first-order valence-electron chi connectivity index (χ1n) is 7.33. The minimum absolute atomic E-state index is 0.0106. The van der Waals surface area contributed by atoms with E-state index in [0.717, 1.165) is 21.5 Å². The first kappa shape index (κ1) is 15.7. The lowest BCUT2D eigenvalue weighted by Gasteiger charge is -2.29. The van der Waals surface area contributed by atoms with Crippen LogP contribution in [0.1, 0.15) is 32.4 Å². The van der Waals surface area contributed by atoms with Gasteiger partial charge in [0.15, 0.2) is 5.78 Å². The van der Waals surface area contributed by atoms with Gasteiger partial charge in [0.25, 0.3) is 0 Å². The zero-order valence-electron chi connectivity index (χ0n) is 13.1. The van der Waals surface area contributed by atoms with Gasteiger partial charge < -0.3 is 10.1 Å². The molecule has 0 amide bonds. The second kappa shape index (κ2) is 6.16. The molecule has 0 fully saturated rings. The first-order chi connectivity index (χ1) is 11.0. The molecule has 7 heteroatoms. The van der Waals surface area contributed by atoms with Crippen molar-refractivity contribution in [3.05, 3.63) is 45.8 Å². The van der Waals surface area contributed by atoms with E-state index in [4.69, 9.17) is 4.74 Å². The van der Waals surface area contributed by atoms with Gasteiger partial charge in [-0.25, -0.2) is 4.68 Å². The molecule has 1 atom stereocenters. The Morgan fingerprint density at radius 2 is 2.26 bits per heavy atom. The third-order valence-electron chi connectivity index (χ3n) is 3.74. The third kappa shape index (κ3) is 2.76. The molecule has 0 radical (unpaired) electrons. The molecule has 0 saturated carbocycles. The Balaban J connectivity index is 2.24. The Bertz CT molecular complexity index is 797. The number of anilines is 1. The van der Waals surface area contributed by atoms with E-state index in [-0.39, 0.29) is 11.8 Å². The predicted octanol–water partition coefficient (Wildman–Crippen LogP) is 3.32. The highest BCUT2D eigenvalue weighted by Gasteiger charge is 2.33. The molecular formula is C16H17BrN4O2. The highest BCUT2D eigenvalue weighted by Crippen LogP contribution is 2.40. The van der Waals surface area contributed by atoms with Crippen molar-refractivity contribution >= 4 is 27.7 Å². The number of hydrogen-bond acceptors (Lipinski definition) is 5. The van der Waals surface area contributed by atoms with E-state index in [1.54, 1.807) is 11.6 Å². The standard InChI is InChI=1S/C16H17BrN4O2/c1-4-23-13-6-5-11(17)7-12(13)15-14(10(3)22)9(2)20-16-18-8-19-21(15)16/h5-8,15H,4H2,1-3H3,(H,18,19,20). The first-order valence-corrected chi connectivity index (χ1v) is 8.12. The number of allylic oxidation sites excluding steroid dienone is 2. The fraction of sp³-hybridized carbons (Fsp3) is 0.312. The van der Waals surface area contributed by atoms with Crippen LogP contribution in [0.4, 0.5) is 5.95 Å². The summed E-state index contributed by atoms with van der Waals surface area (Å²) in [7, 11) is 0. The van der Waals surface area contributed by atoms with Crippen molar-refractivity contribution in [3.8, 4) is 5.75 Å². The Morgan fingerprint density at radius 3 is 2.96 bits per heavy atom. The van der Waals surface area contributed by atoms with Gasteiger partial charge in [-0.05, 0) is 39.0 Å². The number of ketones is 1. The summed E-state index contributed by atoms with van der Waals surface area (Å²) in [5.41, 5.74) is 2.31. The van der Waals surface area contributed by atoms with Crippen LogP contribution in [-0.4, -0.2) is 27.2 Å². The van der Waals surface area contributed by atoms with Gasteiger partial charge in [-0.1, -0.05) is 15.9 Å². The lowest BCUT2D eigenvalue weighted by molar-refractivity contribution is -0.114. The van der Waals surface area contributed by atoms with Crippen LogP contribution in [0.5, 0.6) is 5.75 Å². The monoisotopic (exact) mass is 376 g/mol. The normalized spacial score (nSPS) is 16.8. The topological polar surface area (TPSA) is 69.0 Å². The number of nitrogens with zero attached hydrogens (tertiary/aromatic N) is 3. The summed E-state index contributed by atoms with van der Waals surface area (Å²) in [5, 5.41) is 7.43. The van der Waals surface area contributed by atoms with E-state index in [1.165, 1.54) is 6.33 Å². The van der Waals surface area contributed by atoms with Crippen molar-refractivity contribution in [1.29, 1.82) is 0 Å². The fourth-order valence-corrected chi connectivity index (χ4v) is 3.23. The Morgan fingerprint density at radius 1 is 1.48 bits per heavy atom. The Kier molecular flexibility index (Phi) is 4.21. The van der Waals surface area contributed by atoms with Crippen molar-refractivity contribution in [2.45, 2.75) is 26.8 Å². The highest BCUT2D eigenvalue weighted by molar-refractivity contribution is 9.10. The zero-order valence-corrected chi connectivity index (χ0v) is 14.7.